The van der Waals surface area contributed by atoms with Gasteiger partial charge in [0.15, 0.2) is 6.61 Å². The van der Waals surface area contributed by atoms with E-state index in [2.05, 4.69) is 5.32 Å². The van der Waals surface area contributed by atoms with Gasteiger partial charge >= 0.3 is 11.9 Å². The third kappa shape index (κ3) is 5.90. The third-order valence-corrected chi connectivity index (χ3v) is 5.65. The van der Waals surface area contributed by atoms with E-state index in [1.807, 2.05) is 30.7 Å². The Bertz CT molecular complexity index is 795. The highest BCUT2D eigenvalue weighted by Gasteiger charge is 2.23. The zero-order chi connectivity index (χ0) is 19.8. The van der Waals surface area contributed by atoms with E-state index in [0.717, 1.165) is 16.0 Å². The van der Waals surface area contributed by atoms with Crippen molar-refractivity contribution in [1.29, 1.82) is 0 Å². The van der Waals surface area contributed by atoms with E-state index < -0.39 is 17.8 Å². The number of rotatable bonds is 9. The second-order valence-corrected chi connectivity index (χ2v) is 7.76. The highest BCUT2D eigenvalue weighted by Crippen LogP contribution is 2.34. The lowest BCUT2D eigenvalue weighted by molar-refractivity contribution is -0.147. The Labute approximate surface area is 166 Å². The van der Waals surface area contributed by atoms with Crippen LogP contribution in [0.4, 0.5) is 5.00 Å². The van der Waals surface area contributed by atoms with Crippen molar-refractivity contribution < 1.29 is 23.9 Å². The number of amides is 1. The summed E-state index contributed by atoms with van der Waals surface area (Å²) in [6.07, 6.45) is 1.46. The normalized spacial score (nSPS) is 10.5. The summed E-state index contributed by atoms with van der Waals surface area (Å²) in [5, 5.41) is 7.03. The van der Waals surface area contributed by atoms with E-state index in [1.165, 1.54) is 11.3 Å². The summed E-state index contributed by atoms with van der Waals surface area (Å²) in [5.74, 6) is -1.37. The maximum Gasteiger partial charge on any atom is 0.341 e. The lowest BCUT2D eigenvalue weighted by Gasteiger charge is -2.08. The van der Waals surface area contributed by atoms with E-state index in [9.17, 15) is 14.4 Å². The van der Waals surface area contributed by atoms with Gasteiger partial charge in [0.2, 0.25) is 0 Å². The van der Waals surface area contributed by atoms with Crippen LogP contribution in [-0.2, 0) is 31.9 Å². The number of carbonyl (C=O) groups is 3. The van der Waals surface area contributed by atoms with Crippen LogP contribution >= 0.6 is 22.7 Å². The summed E-state index contributed by atoms with van der Waals surface area (Å²) in [7, 11) is 0. The predicted molar refractivity (Wildman–Crippen MR) is 107 cm³/mol. The average molecular weight is 410 g/mol. The first-order chi connectivity index (χ1) is 13.0. The minimum absolute atomic E-state index is 0.218. The summed E-state index contributed by atoms with van der Waals surface area (Å²) in [4.78, 5) is 37.1. The molecule has 2 aromatic heterocycles. The molecule has 0 aliphatic rings. The summed E-state index contributed by atoms with van der Waals surface area (Å²) in [6.45, 7) is 5.44. The highest BCUT2D eigenvalue weighted by molar-refractivity contribution is 7.16. The van der Waals surface area contributed by atoms with Gasteiger partial charge < -0.3 is 14.8 Å². The van der Waals surface area contributed by atoms with Crippen LogP contribution in [0.2, 0.25) is 0 Å². The van der Waals surface area contributed by atoms with Crippen molar-refractivity contribution in [3.8, 4) is 0 Å². The van der Waals surface area contributed by atoms with Gasteiger partial charge in [0.05, 0.1) is 12.2 Å². The van der Waals surface area contributed by atoms with Crippen molar-refractivity contribution in [2.24, 2.45) is 0 Å². The lowest BCUT2D eigenvalue weighted by Crippen LogP contribution is -2.22. The minimum Gasteiger partial charge on any atom is -0.462 e. The molecule has 8 heteroatoms. The van der Waals surface area contributed by atoms with Crippen molar-refractivity contribution in [2.45, 2.75) is 40.0 Å². The molecule has 0 aliphatic heterocycles. The first kappa shape index (κ1) is 21.1. The molecule has 0 aromatic carbocycles. The predicted octanol–water partition coefficient (Wildman–Crippen LogP) is 3.97. The third-order valence-electron chi connectivity index (χ3n) is 3.86. The first-order valence-corrected chi connectivity index (χ1v) is 10.5. The number of ether oxygens (including phenoxy) is 2. The maximum absolute atomic E-state index is 12.3. The van der Waals surface area contributed by atoms with Crippen molar-refractivity contribution in [3.05, 3.63) is 38.4 Å². The molecule has 6 nitrogen and oxygen atoms in total. The molecule has 0 spiro atoms. The van der Waals surface area contributed by atoms with E-state index in [1.54, 1.807) is 18.3 Å². The zero-order valence-corrected chi connectivity index (χ0v) is 17.3. The van der Waals surface area contributed by atoms with Crippen LogP contribution < -0.4 is 5.32 Å². The molecule has 2 heterocycles. The Balaban J connectivity index is 1.93. The SMILES string of the molecule is CCOC(=O)c1c(NC(=O)COC(=O)CCc2ccsc2)sc(C)c1CC. The van der Waals surface area contributed by atoms with Gasteiger partial charge in [0.25, 0.3) is 5.91 Å². The van der Waals surface area contributed by atoms with Crippen LogP contribution in [0.3, 0.4) is 0 Å². The van der Waals surface area contributed by atoms with Gasteiger partial charge in [0.1, 0.15) is 5.00 Å². The van der Waals surface area contributed by atoms with Gasteiger partial charge in [-0.05, 0) is 54.6 Å². The van der Waals surface area contributed by atoms with Crippen LogP contribution in [-0.4, -0.2) is 31.1 Å². The largest absolute Gasteiger partial charge is 0.462 e. The number of thiophene rings is 2. The van der Waals surface area contributed by atoms with Gasteiger partial charge in [-0.15, -0.1) is 11.3 Å². The maximum atomic E-state index is 12.3. The topological polar surface area (TPSA) is 81.7 Å². The number of hydrogen-bond acceptors (Lipinski definition) is 7. The molecule has 0 saturated heterocycles. The van der Waals surface area contributed by atoms with E-state index >= 15 is 0 Å². The molecule has 1 N–H and O–H groups in total. The summed E-state index contributed by atoms with van der Waals surface area (Å²) in [5.41, 5.74) is 2.32. The molecule has 0 fully saturated rings. The Morgan fingerprint density at radius 3 is 2.59 bits per heavy atom. The smallest absolute Gasteiger partial charge is 0.341 e. The second kappa shape index (κ2) is 10.2. The van der Waals surface area contributed by atoms with Crippen LogP contribution in [0.5, 0.6) is 0 Å². The van der Waals surface area contributed by atoms with Gasteiger partial charge in [-0.1, -0.05) is 6.92 Å². The van der Waals surface area contributed by atoms with Gasteiger partial charge in [-0.3, -0.25) is 9.59 Å². The van der Waals surface area contributed by atoms with Gasteiger partial charge in [-0.25, -0.2) is 4.79 Å². The molecule has 0 atom stereocenters. The summed E-state index contributed by atoms with van der Waals surface area (Å²) >= 11 is 2.89. The quantitative estimate of drug-likeness (QED) is 0.634. The van der Waals surface area contributed by atoms with Crippen molar-refractivity contribution in [1.82, 2.24) is 0 Å². The molecule has 0 bridgehead atoms. The molecule has 0 saturated carbocycles. The average Bonchev–Trinajstić information content (AvgIpc) is 3.25. The summed E-state index contributed by atoms with van der Waals surface area (Å²) < 4.78 is 10.1. The second-order valence-electron chi connectivity index (χ2n) is 5.76. The Morgan fingerprint density at radius 2 is 1.96 bits per heavy atom. The van der Waals surface area contributed by atoms with Crippen LogP contribution in [0, 0.1) is 6.92 Å². The van der Waals surface area contributed by atoms with Crippen LogP contribution in [0.15, 0.2) is 16.8 Å². The Hall–Kier alpha value is -2.19. The number of esters is 2. The van der Waals surface area contributed by atoms with Crippen molar-refractivity contribution in [2.75, 3.05) is 18.5 Å². The molecule has 1 amide bonds. The number of anilines is 1. The molecule has 0 radical (unpaired) electrons. The number of nitrogens with one attached hydrogen (secondary N) is 1. The monoisotopic (exact) mass is 409 g/mol. The Morgan fingerprint density at radius 1 is 1.19 bits per heavy atom. The van der Waals surface area contributed by atoms with Crippen LogP contribution in [0.25, 0.3) is 0 Å². The van der Waals surface area contributed by atoms with E-state index in [0.29, 0.717) is 23.4 Å². The summed E-state index contributed by atoms with van der Waals surface area (Å²) in [6, 6.07) is 1.95. The number of hydrogen-bond donors (Lipinski definition) is 1. The fourth-order valence-electron chi connectivity index (χ4n) is 2.57. The Kier molecular flexibility index (Phi) is 7.99. The molecule has 146 valence electrons. The van der Waals surface area contributed by atoms with E-state index in [4.69, 9.17) is 9.47 Å². The van der Waals surface area contributed by atoms with Gasteiger partial charge in [-0.2, -0.15) is 11.3 Å². The fourth-order valence-corrected chi connectivity index (χ4v) is 4.43. The molecule has 27 heavy (non-hydrogen) atoms. The zero-order valence-electron chi connectivity index (χ0n) is 15.6. The molecule has 2 rings (SSSR count). The lowest BCUT2D eigenvalue weighted by atomic mass is 10.1. The van der Waals surface area contributed by atoms with Crippen LogP contribution in [0.1, 0.15) is 46.6 Å². The number of aryl methyl sites for hydroxylation is 2. The molecule has 0 aliphatic carbocycles. The molecule has 0 unspecified atom stereocenters. The number of carbonyl (C=O) groups excluding carboxylic acids is 3. The van der Waals surface area contributed by atoms with Crippen molar-refractivity contribution >= 4 is 45.5 Å². The first-order valence-electron chi connectivity index (χ1n) is 8.72. The molecular formula is C19H23NO5S2. The molecular weight excluding hydrogens is 386 g/mol. The van der Waals surface area contributed by atoms with E-state index in [-0.39, 0.29) is 19.6 Å². The molecule has 2 aromatic rings. The highest BCUT2D eigenvalue weighted by atomic mass is 32.1. The fraction of sp³-hybridized carbons (Fsp3) is 0.421. The van der Waals surface area contributed by atoms with Crippen molar-refractivity contribution in [3.63, 3.8) is 0 Å². The van der Waals surface area contributed by atoms with Gasteiger partial charge in [0, 0.05) is 11.3 Å². The standard InChI is InChI=1S/C19H23NO5S2/c1-4-14-12(3)27-18(17(14)19(23)24-5-2)20-15(21)10-25-16(22)7-6-13-8-9-26-11-13/h8-9,11H,4-7,10H2,1-3H3,(H,20,21). The minimum atomic E-state index is -0.478.